The fraction of sp³-hybridized carbons (Fsp3) is 0.955. The molecule has 0 aliphatic rings. The zero-order valence-electron chi connectivity index (χ0n) is 19.1. The van der Waals surface area contributed by atoms with Gasteiger partial charge in [-0.25, -0.2) is 8.42 Å². The molecule has 0 aromatic carbocycles. The van der Waals surface area contributed by atoms with E-state index in [9.17, 15) is 17.8 Å². The van der Waals surface area contributed by atoms with Gasteiger partial charge in [0.25, 0.3) is 10.4 Å². The van der Waals surface area contributed by atoms with Crippen molar-refractivity contribution in [2.24, 2.45) is 0 Å². The minimum Gasteiger partial charge on any atom is -0.716 e. The van der Waals surface area contributed by atoms with Crippen LogP contribution in [0.3, 0.4) is 0 Å². The van der Waals surface area contributed by atoms with E-state index in [1.807, 2.05) is 0 Å². The maximum absolute atomic E-state index is 11.0. The van der Waals surface area contributed by atoms with Crippen LogP contribution in [0.4, 0.5) is 0 Å². The van der Waals surface area contributed by atoms with E-state index < -0.39 is 16.4 Å². The monoisotopic (exact) mass is 458 g/mol. The van der Waals surface area contributed by atoms with Gasteiger partial charge >= 0.3 is 57.4 Å². The van der Waals surface area contributed by atoms with E-state index in [0.717, 1.165) is 19.3 Å². The Morgan fingerprint density at radius 1 is 0.621 bits per heavy atom. The van der Waals surface area contributed by atoms with Gasteiger partial charge in [-0.3, -0.25) is 4.79 Å². The maximum Gasteiger partial charge on any atom is 1.00 e. The molecule has 0 atom stereocenters. The van der Waals surface area contributed by atoms with Crippen molar-refractivity contribution in [2.75, 3.05) is 0 Å². The molecule has 0 radical (unpaired) electrons. The van der Waals surface area contributed by atoms with E-state index >= 15 is 0 Å². The fourth-order valence-corrected chi connectivity index (χ4v) is 3.81. The Balaban J connectivity index is 0. The van der Waals surface area contributed by atoms with Gasteiger partial charge in [0.15, 0.2) is 0 Å². The number of unbranched alkanes of at least 4 members (excludes halogenated alkanes) is 18. The standard InChI is InChI=1S/C22H44O5S.K/c1-2-3-4-5-6-7-8-9-10-11-12-13-14-15-16-17-18-19-20-21-22(23)27-28(24,25)26;/h2-21H2,1H3,(H,24,25,26);/q;+1/p-1. The summed E-state index contributed by atoms with van der Waals surface area (Å²) in [5, 5.41) is 0. The summed E-state index contributed by atoms with van der Waals surface area (Å²) in [6.45, 7) is 2.27. The van der Waals surface area contributed by atoms with Gasteiger partial charge in [-0.15, -0.1) is 0 Å². The third kappa shape index (κ3) is 29.0. The summed E-state index contributed by atoms with van der Waals surface area (Å²) in [5.74, 6) is -0.943. The molecule has 0 N–H and O–H groups in total. The maximum atomic E-state index is 11.0. The summed E-state index contributed by atoms with van der Waals surface area (Å²) < 4.78 is 34.5. The van der Waals surface area contributed by atoms with E-state index in [4.69, 9.17) is 0 Å². The Morgan fingerprint density at radius 3 is 1.17 bits per heavy atom. The molecule has 0 heterocycles. The van der Waals surface area contributed by atoms with Crippen LogP contribution in [0.15, 0.2) is 0 Å². The SMILES string of the molecule is CCCCCCCCCCCCCCCCCCCCCC(=O)OS(=O)(=O)[O-].[K+]. The van der Waals surface area contributed by atoms with Crippen LogP contribution in [0, 0.1) is 0 Å². The second kappa shape index (κ2) is 23.7. The molecule has 0 amide bonds. The smallest absolute Gasteiger partial charge is 0.716 e. The molecule has 0 saturated carbocycles. The second-order valence-electron chi connectivity index (χ2n) is 7.98. The largest absolute Gasteiger partial charge is 1.00 e. The molecule has 0 fully saturated rings. The molecule has 0 spiro atoms. The van der Waals surface area contributed by atoms with E-state index in [0.29, 0.717) is 6.42 Å². The normalized spacial score (nSPS) is 11.2. The van der Waals surface area contributed by atoms with Crippen LogP contribution in [0.25, 0.3) is 0 Å². The van der Waals surface area contributed by atoms with Crippen LogP contribution in [0.1, 0.15) is 135 Å². The summed E-state index contributed by atoms with van der Waals surface area (Å²) in [7, 11) is -4.90. The Morgan fingerprint density at radius 2 is 0.897 bits per heavy atom. The van der Waals surface area contributed by atoms with Crippen molar-refractivity contribution >= 4 is 16.4 Å². The van der Waals surface area contributed by atoms with Gasteiger partial charge in [0.1, 0.15) is 0 Å². The van der Waals surface area contributed by atoms with E-state index in [-0.39, 0.29) is 57.8 Å². The van der Waals surface area contributed by atoms with Crippen molar-refractivity contribution in [3.63, 3.8) is 0 Å². The molecular formula is C22H43KO5S. The van der Waals surface area contributed by atoms with Crippen LogP contribution >= 0.6 is 0 Å². The molecule has 0 aliphatic heterocycles. The molecule has 0 rings (SSSR count). The third-order valence-electron chi connectivity index (χ3n) is 5.18. The number of carbonyl (C=O) groups is 1. The molecule has 29 heavy (non-hydrogen) atoms. The molecule has 0 unspecified atom stereocenters. The van der Waals surface area contributed by atoms with Gasteiger partial charge in [0.05, 0.1) is 0 Å². The quantitative estimate of drug-likeness (QED) is 0.113. The second-order valence-corrected chi connectivity index (χ2v) is 8.96. The van der Waals surface area contributed by atoms with Crippen LogP contribution in [0.5, 0.6) is 0 Å². The first-order chi connectivity index (χ1) is 13.5. The van der Waals surface area contributed by atoms with Gasteiger partial charge in [0, 0.05) is 6.42 Å². The predicted molar refractivity (Wildman–Crippen MR) is 114 cm³/mol. The van der Waals surface area contributed by atoms with E-state index in [1.54, 1.807) is 0 Å². The van der Waals surface area contributed by atoms with Crippen molar-refractivity contribution in [2.45, 2.75) is 135 Å². The Labute approximate surface area is 222 Å². The molecule has 0 bridgehead atoms. The van der Waals surface area contributed by atoms with Crippen molar-refractivity contribution in [1.29, 1.82) is 0 Å². The number of carbonyl (C=O) groups excluding carboxylic acids is 1. The van der Waals surface area contributed by atoms with Crippen molar-refractivity contribution < 1.29 is 73.3 Å². The van der Waals surface area contributed by atoms with Crippen LogP contribution in [0.2, 0.25) is 0 Å². The number of hydrogen-bond donors (Lipinski definition) is 0. The minimum atomic E-state index is -4.90. The van der Waals surface area contributed by atoms with E-state index in [1.165, 1.54) is 96.3 Å². The van der Waals surface area contributed by atoms with Gasteiger partial charge in [0.2, 0.25) is 0 Å². The zero-order valence-corrected chi connectivity index (χ0v) is 23.0. The average Bonchev–Trinajstić information content (AvgIpc) is 2.62. The van der Waals surface area contributed by atoms with Gasteiger partial charge in [-0.1, -0.05) is 122 Å². The third-order valence-corrected chi connectivity index (χ3v) is 5.57. The van der Waals surface area contributed by atoms with Crippen molar-refractivity contribution in [1.82, 2.24) is 0 Å². The molecule has 0 aliphatic carbocycles. The molecule has 5 nitrogen and oxygen atoms in total. The first kappa shape index (κ1) is 32.2. The van der Waals surface area contributed by atoms with Crippen LogP contribution in [-0.4, -0.2) is 18.9 Å². The summed E-state index contributed by atoms with van der Waals surface area (Å²) in [4.78, 5) is 11.0. The Kier molecular flexibility index (Phi) is 26.3. The van der Waals surface area contributed by atoms with Crippen LogP contribution in [-0.2, 0) is 19.4 Å². The van der Waals surface area contributed by atoms with E-state index in [2.05, 4.69) is 11.1 Å². The Hall–Kier alpha value is 1.02. The topological polar surface area (TPSA) is 83.5 Å². The summed E-state index contributed by atoms with van der Waals surface area (Å²) in [5.41, 5.74) is 0. The fourth-order valence-electron chi connectivity index (χ4n) is 3.50. The molecule has 168 valence electrons. The Bertz CT molecular complexity index is 454. The van der Waals surface area contributed by atoms with Gasteiger partial charge in [-0.05, 0) is 6.42 Å². The van der Waals surface area contributed by atoms with Gasteiger partial charge in [-0.2, -0.15) is 0 Å². The molecular weight excluding hydrogens is 415 g/mol. The van der Waals surface area contributed by atoms with Crippen molar-refractivity contribution in [3.05, 3.63) is 0 Å². The molecule has 7 heteroatoms. The van der Waals surface area contributed by atoms with Crippen molar-refractivity contribution in [3.8, 4) is 0 Å². The predicted octanol–water partition coefficient (Wildman–Crippen LogP) is 3.82. The molecule has 0 aromatic heterocycles. The summed E-state index contributed by atoms with van der Waals surface area (Å²) >= 11 is 0. The summed E-state index contributed by atoms with van der Waals surface area (Å²) in [6, 6.07) is 0. The minimum absolute atomic E-state index is 0. The number of hydrogen-bond acceptors (Lipinski definition) is 5. The zero-order chi connectivity index (χ0) is 20.9. The first-order valence-electron chi connectivity index (χ1n) is 11.6. The molecule has 0 saturated heterocycles. The van der Waals surface area contributed by atoms with Gasteiger partial charge < -0.3 is 8.74 Å². The molecule has 0 aromatic rings. The number of rotatable bonds is 21. The first-order valence-corrected chi connectivity index (χ1v) is 13.0. The summed E-state index contributed by atoms with van der Waals surface area (Å²) in [6.07, 6.45) is 24.1. The van der Waals surface area contributed by atoms with Crippen LogP contribution < -0.4 is 51.4 Å². The average molecular weight is 459 g/mol.